The summed E-state index contributed by atoms with van der Waals surface area (Å²) in [5.41, 5.74) is 2.71. The van der Waals surface area contributed by atoms with Gasteiger partial charge < -0.3 is 14.5 Å². The van der Waals surface area contributed by atoms with Gasteiger partial charge in [-0.3, -0.25) is 0 Å². The molecule has 1 N–H and O–H groups in total. The molecule has 2 heterocycles. The van der Waals surface area contributed by atoms with Gasteiger partial charge in [0.05, 0.1) is 12.6 Å². The Labute approximate surface area is 192 Å². The van der Waals surface area contributed by atoms with E-state index in [4.69, 9.17) is 14.1 Å². The summed E-state index contributed by atoms with van der Waals surface area (Å²) in [5.74, 6) is 2.48. The second-order valence-corrected chi connectivity index (χ2v) is 7.95. The predicted octanol–water partition coefficient (Wildman–Crippen LogP) is 5.73. The maximum atomic E-state index is 5.89. The molecule has 0 atom stereocenters. The molecule has 0 aliphatic rings. The van der Waals surface area contributed by atoms with Gasteiger partial charge in [-0.25, -0.2) is 9.97 Å². The maximum absolute atomic E-state index is 5.89. The molecule has 5 rings (SSSR count). The first-order valence-corrected chi connectivity index (χ1v) is 10.7. The van der Waals surface area contributed by atoms with Gasteiger partial charge in [0.15, 0.2) is 0 Å². The number of ether oxygens (including phenoxy) is 1. The van der Waals surface area contributed by atoms with Crippen molar-refractivity contribution in [2.24, 2.45) is 0 Å². The lowest BCUT2D eigenvalue weighted by atomic mass is 10.2. The number of para-hydroxylation sites is 1. The van der Waals surface area contributed by atoms with E-state index in [1.165, 1.54) is 0 Å². The highest BCUT2D eigenvalue weighted by molar-refractivity contribution is 9.10. The molecule has 0 saturated carbocycles. The van der Waals surface area contributed by atoms with E-state index in [9.17, 15) is 0 Å². The number of aromatic nitrogens is 4. The van der Waals surface area contributed by atoms with Gasteiger partial charge in [-0.15, -0.1) is 10.2 Å². The molecule has 7 nitrogen and oxygen atoms in total. The third kappa shape index (κ3) is 4.17. The van der Waals surface area contributed by atoms with Crippen LogP contribution in [0.25, 0.3) is 34.1 Å². The number of fused-ring (bicyclic) bond motifs is 1. The van der Waals surface area contributed by atoms with Crippen molar-refractivity contribution in [2.75, 3.05) is 12.4 Å². The smallest absolute Gasteiger partial charge is 0.286 e. The van der Waals surface area contributed by atoms with Gasteiger partial charge in [0.25, 0.3) is 5.89 Å². The molecular formula is C24H18BrN5O2. The van der Waals surface area contributed by atoms with Crippen LogP contribution < -0.4 is 10.1 Å². The summed E-state index contributed by atoms with van der Waals surface area (Å²) in [5, 5.41) is 12.7. The van der Waals surface area contributed by atoms with Crippen LogP contribution in [0.3, 0.4) is 0 Å². The van der Waals surface area contributed by atoms with E-state index in [0.29, 0.717) is 24.1 Å². The van der Waals surface area contributed by atoms with E-state index in [2.05, 4.69) is 48.6 Å². The van der Waals surface area contributed by atoms with Gasteiger partial charge in [0.1, 0.15) is 11.6 Å². The topological polar surface area (TPSA) is 86.0 Å². The van der Waals surface area contributed by atoms with E-state index in [-0.39, 0.29) is 5.89 Å². The largest absolute Gasteiger partial charge is 0.497 e. The van der Waals surface area contributed by atoms with Crippen molar-refractivity contribution in [3.63, 3.8) is 0 Å². The summed E-state index contributed by atoms with van der Waals surface area (Å²) in [7, 11) is 1.62. The molecule has 0 fully saturated rings. The molecule has 0 radical (unpaired) electrons. The van der Waals surface area contributed by atoms with Crippen LogP contribution >= 0.6 is 15.9 Å². The van der Waals surface area contributed by atoms with Crippen molar-refractivity contribution in [1.29, 1.82) is 0 Å². The molecule has 0 unspecified atom stereocenters. The third-order valence-corrected chi connectivity index (χ3v) is 5.40. The second kappa shape index (κ2) is 8.76. The molecule has 32 heavy (non-hydrogen) atoms. The van der Waals surface area contributed by atoms with Gasteiger partial charge in [-0.1, -0.05) is 40.2 Å². The van der Waals surface area contributed by atoms with Crippen molar-refractivity contribution in [3.05, 3.63) is 82.8 Å². The molecule has 0 aliphatic heterocycles. The first-order chi connectivity index (χ1) is 15.7. The van der Waals surface area contributed by atoms with Crippen LogP contribution in [0.2, 0.25) is 0 Å². The lowest BCUT2D eigenvalue weighted by Crippen LogP contribution is -2.04. The maximum Gasteiger partial charge on any atom is 0.286 e. The number of anilines is 1. The van der Waals surface area contributed by atoms with E-state index in [1.807, 2.05) is 60.7 Å². The summed E-state index contributed by atoms with van der Waals surface area (Å²) in [6, 6.07) is 23.4. The van der Waals surface area contributed by atoms with E-state index in [0.717, 1.165) is 32.3 Å². The van der Waals surface area contributed by atoms with Crippen molar-refractivity contribution in [3.8, 4) is 28.9 Å². The van der Waals surface area contributed by atoms with Crippen LogP contribution in [0.15, 0.2) is 81.7 Å². The summed E-state index contributed by atoms with van der Waals surface area (Å²) in [4.78, 5) is 9.33. The Kier molecular flexibility index (Phi) is 5.51. The highest BCUT2D eigenvalue weighted by Crippen LogP contribution is 2.27. The zero-order chi connectivity index (χ0) is 21.9. The fourth-order valence-electron chi connectivity index (χ4n) is 3.30. The summed E-state index contributed by atoms with van der Waals surface area (Å²) in [6.07, 6.45) is 0. The van der Waals surface area contributed by atoms with Crippen molar-refractivity contribution < 1.29 is 9.15 Å². The van der Waals surface area contributed by atoms with Crippen LogP contribution in [0.5, 0.6) is 5.75 Å². The molecule has 0 aliphatic carbocycles. The van der Waals surface area contributed by atoms with Crippen molar-refractivity contribution >= 4 is 32.7 Å². The summed E-state index contributed by atoms with van der Waals surface area (Å²) in [6.45, 7) is 0.612. The van der Waals surface area contributed by atoms with Crippen LogP contribution in [-0.2, 0) is 6.54 Å². The molecule has 8 heteroatoms. The number of benzene rings is 3. The Bertz CT molecular complexity index is 1390. The molecule has 0 bridgehead atoms. The number of hydrogen-bond donors (Lipinski definition) is 1. The lowest BCUT2D eigenvalue weighted by Gasteiger charge is -2.10. The Hall–Kier alpha value is -3.78. The normalized spacial score (nSPS) is 10.9. The van der Waals surface area contributed by atoms with Gasteiger partial charge in [-0.05, 0) is 54.1 Å². The minimum absolute atomic E-state index is 0.257. The highest BCUT2D eigenvalue weighted by atomic mass is 79.9. The predicted molar refractivity (Wildman–Crippen MR) is 126 cm³/mol. The van der Waals surface area contributed by atoms with E-state index in [1.54, 1.807) is 7.11 Å². The zero-order valence-electron chi connectivity index (χ0n) is 17.1. The highest BCUT2D eigenvalue weighted by Gasteiger charge is 2.16. The number of nitrogens with zero attached hydrogens (tertiary/aromatic N) is 4. The van der Waals surface area contributed by atoms with Crippen LogP contribution in [-0.4, -0.2) is 27.3 Å². The molecule has 0 saturated heterocycles. The number of halogens is 1. The van der Waals surface area contributed by atoms with Gasteiger partial charge >= 0.3 is 0 Å². The Morgan fingerprint density at radius 1 is 0.906 bits per heavy atom. The molecule has 0 spiro atoms. The van der Waals surface area contributed by atoms with Crippen molar-refractivity contribution in [2.45, 2.75) is 6.54 Å². The minimum atomic E-state index is 0.257. The SMILES string of the molecule is COc1ccc(-c2nnc(-c3nc(NCc4cccc(Br)c4)c4ccccc4n3)o2)cc1. The number of rotatable bonds is 6. The Balaban J connectivity index is 1.48. The molecule has 2 aromatic heterocycles. The summed E-state index contributed by atoms with van der Waals surface area (Å²) >= 11 is 3.51. The number of methoxy groups -OCH3 is 1. The standard InChI is InChI=1S/C24H18BrN5O2/c1-31-18-11-9-16(10-12-18)23-29-30-24(32-23)22-27-20-8-3-2-7-19(20)21(28-22)26-14-15-5-4-6-17(25)13-15/h2-13H,14H2,1H3,(H,26,27,28). The fraction of sp³-hybridized carbons (Fsp3) is 0.0833. The molecule has 5 aromatic rings. The van der Waals surface area contributed by atoms with Gasteiger partial charge in [-0.2, -0.15) is 0 Å². The van der Waals surface area contributed by atoms with Gasteiger partial charge in [0.2, 0.25) is 11.7 Å². The average Bonchev–Trinajstić information content (AvgIpc) is 3.33. The molecular weight excluding hydrogens is 470 g/mol. The summed E-state index contributed by atoms with van der Waals surface area (Å²) < 4.78 is 12.1. The van der Waals surface area contributed by atoms with Crippen molar-refractivity contribution in [1.82, 2.24) is 20.2 Å². The number of hydrogen-bond acceptors (Lipinski definition) is 7. The minimum Gasteiger partial charge on any atom is -0.497 e. The molecule has 158 valence electrons. The number of nitrogens with one attached hydrogen (secondary N) is 1. The molecule has 0 amide bonds. The quantitative estimate of drug-likeness (QED) is 0.327. The first-order valence-electron chi connectivity index (χ1n) is 9.93. The van der Waals surface area contributed by atoms with Crippen LogP contribution in [0, 0.1) is 0 Å². The monoisotopic (exact) mass is 487 g/mol. The lowest BCUT2D eigenvalue weighted by molar-refractivity contribution is 0.415. The van der Waals surface area contributed by atoms with Crippen LogP contribution in [0.1, 0.15) is 5.56 Å². The fourth-order valence-corrected chi connectivity index (χ4v) is 3.75. The Morgan fingerprint density at radius 2 is 1.72 bits per heavy atom. The second-order valence-electron chi connectivity index (χ2n) is 7.04. The third-order valence-electron chi connectivity index (χ3n) is 4.91. The first kappa shape index (κ1) is 20.1. The van der Waals surface area contributed by atoms with E-state index >= 15 is 0 Å². The zero-order valence-corrected chi connectivity index (χ0v) is 18.7. The van der Waals surface area contributed by atoms with E-state index < -0.39 is 0 Å². The average molecular weight is 488 g/mol. The van der Waals surface area contributed by atoms with Crippen LogP contribution in [0.4, 0.5) is 5.82 Å². The Morgan fingerprint density at radius 3 is 2.53 bits per heavy atom. The molecule has 3 aromatic carbocycles. The van der Waals surface area contributed by atoms with Gasteiger partial charge in [0, 0.05) is 22.0 Å².